The van der Waals surface area contributed by atoms with Crippen LogP contribution in [0.25, 0.3) is 11.2 Å². The summed E-state index contributed by atoms with van der Waals surface area (Å²) in [5.74, 6) is 0.514. The summed E-state index contributed by atoms with van der Waals surface area (Å²) < 4.78 is 7.11. The van der Waals surface area contributed by atoms with E-state index in [1.807, 2.05) is 0 Å². The number of fused-ring (bicyclic) bond motifs is 1. The number of aromatic nitrogens is 4. The summed E-state index contributed by atoms with van der Waals surface area (Å²) in [5.41, 5.74) is 0.933. The number of nitrogens with one attached hydrogen (secondary N) is 1. The van der Waals surface area contributed by atoms with Gasteiger partial charge in [-0.15, -0.1) is 0 Å². The molecule has 1 aliphatic carbocycles. The zero-order valence-electron chi connectivity index (χ0n) is 15.6. The second-order valence-corrected chi connectivity index (χ2v) is 7.58. The zero-order valence-corrected chi connectivity index (χ0v) is 15.6. The molecule has 10 nitrogen and oxygen atoms in total. The molecule has 2 aromatic heterocycles. The molecule has 3 heterocycles. The van der Waals surface area contributed by atoms with E-state index in [1.165, 1.54) is 17.2 Å². The van der Waals surface area contributed by atoms with E-state index in [1.54, 1.807) is 0 Å². The van der Waals surface area contributed by atoms with Gasteiger partial charge in [0.2, 0.25) is 0 Å². The Morgan fingerprint density at radius 3 is 2.57 bits per heavy atom. The van der Waals surface area contributed by atoms with Gasteiger partial charge in [0.1, 0.15) is 24.6 Å². The smallest absolute Gasteiger partial charge is 0.167 e. The molecule has 0 spiro atoms. The monoisotopic (exact) mass is 393 g/mol. The van der Waals surface area contributed by atoms with Gasteiger partial charge >= 0.3 is 0 Å². The molecule has 0 radical (unpaired) electrons. The van der Waals surface area contributed by atoms with Crippen molar-refractivity contribution in [1.29, 1.82) is 0 Å². The van der Waals surface area contributed by atoms with Crippen molar-refractivity contribution in [2.24, 2.45) is 0 Å². The molecular weight excluding hydrogens is 366 g/mol. The number of nitrogens with zero attached hydrogens (tertiary/aromatic N) is 4. The molecular formula is C18H27N5O5. The van der Waals surface area contributed by atoms with Crippen LogP contribution in [0.1, 0.15) is 44.8 Å². The second-order valence-electron chi connectivity index (χ2n) is 7.58. The number of anilines is 1. The largest absolute Gasteiger partial charge is 0.394 e. The van der Waals surface area contributed by atoms with Crippen LogP contribution < -0.4 is 5.32 Å². The molecule has 4 rings (SSSR count). The van der Waals surface area contributed by atoms with Crippen molar-refractivity contribution in [3.05, 3.63) is 12.7 Å². The van der Waals surface area contributed by atoms with Crippen molar-refractivity contribution in [2.75, 3.05) is 11.9 Å². The van der Waals surface area contributed by atoms with Crippen molar-refractivity contribution >= 4 is 17.0 Å². The summed E-state index contributed by atoms with van der Waals surface area (Å²) >= 11 is 0. The average molecular weight is 393 g/mol. The lowest BCUT2D eigenvalue weighted by Crippen LogP contribution is -2.34. The Bertz CT molecular complexity index is 802. The van der Waals surface area contributed by atoms with Gasteiger partial charge in [-0.25, -0.2) is 15.0 Å². The van der Waals surface area contributed by atoms with E-state index in [9.17, 15) is 20.4 Å². The Morgan fingerprint density at radius 1 is 1.04 bits per heavy atom. The maximum atomic E-state index is 10.5. The Hall–Kier alpha value is -1.85. The zero-order chi connectivity index (χ0) is 19.7. The quantitative estimate of drug-likeness (QED) is 0.482. The fourth-order valence-electron chi connectivity index (χ4n) is 4.06. The fraction of sp³-hybridized carbons (Fsp3) is 0.722. The van der Waals surface area contributed by atoms with Gasteiger partial charge in [0, 0.05) is 0 Å². The summed E-state index contributed by atoms with van der Waals surface area (Å²) in [7, 11) is 0. The number of ether oxygens (including phenoxy) is 1. The lowest BCUT2D eigenvalue weighted by Gasteiger charge is -2.26. The molecule has 2 aromatic rings. The molecule has 1 saturated carbocycles. The molecule has 0 aromatic carbocycles. The van der Waals surface area contributed by atoms with Crippen molar-refractivity contribution in [3.8, 4) is 0 Å². The maximum absolute atomic E-state index is 10.5. The highest BCUT2D eigenvalue weighted by Crippen LogP contribution is 2.32. The number of hydrogen-bond donors (Lipinski definition) is 5. The summed E-state index contributed by atoms with van der Waals surface area (Å²) in [5, 5.41) is 43.4. The van der Waals surface area contributed by atoms with Crippen molar-refractivity contribution in [1.82, 2.24) is 19.5 Å². The summed E-state index contributed by atoms with van der Waals surface area (Å²) in [6.45, 7) is -0.400. The molecule has 1 saturated heterocycles. The van der Waals surface area contributed by atoms with E-state index < -0.39 is 37.3 Å². The third kappa shape index (κ3) is 3.58. The van der Waals surface area contributed by atoms with E-state index in [4.69, 9.17) is 4.74 Å². The minimum absolute atomic E-state index is 0.113. The lowest BCUT2D eigenvalue weighted by molar-refractivity contribution is -0.0511. The van der Waals surface area contributed by atoms with E-state index in [0.29, 0.717) is 17.0 Å². The number of aliphatic hydroxyl groups is 4. The molecule has 10 heteroatoms. The molecule has 2 aliphatic rings. The van der Waals surface area contributed by atoms with Crippen LogP contribution in [0.4, 0.5) is 5.82 Å². The van der Waals surface area contributed by atoms with Gasteiger partial charge in [-0.1, -0.05) is 25.7 Å². The topological polar surface area (TPSA) is 146 Å². The second kappa shape index (κ2) is 8.26. The summed E-state index contributed by atoms with van der Waals surface area (Å²) in [4.78, 5) is 12.9. The maximum Gasteiger partial charge on any atom is 0.167 e. The van der Waals surface area contributed by atoms with Crippen LogP contribution in [0.3, 0.4) is 0 Å². The van der Waals surface area contributed by atoms with Crippen molar-refractivity contribution in [3.63, 3.8) is 0 Å². The van der Waals surface area contributed by atoms with Gasteiger partial charge in [0.05, 0.1) is 25.1 Å². The van der Waals surface area contributed by atoms with Crippen LogP contribution in [0.5, 0.6) is 0 Å². The lowest BCUT2D eigenvalue weighted by atomic mass is 9.94. The predicted molar refractivity (Wildman–Crippen MR) is 99.5 cm³/mol. The highest BCUT2D eigenvalue weighted by atomic mass is 16.6. The van der Waals surface area contributed by atoms with Crippen LogP contribution in [-0.2, 0) is 4.74 Å². The van der Waals surface area contributed by atoms with Crippen molar-refractivity contribution < 1.29 is 25.2 Å². The van der Waals surface area contributed by atoms with Gasteiger partial charge in [-0.05, 0) is 12.8 Å². The third-order valence-electron chi connectivity index (χ3n) is 5.70. The molecule has 28 heavy (non-hydrogen) atoms. The van der Waals surface area contributed by atoms with E-state index in [0.717, 1.165) is 38.5 Å². The first-order valence-corrected chi connectivity index (χ1v) is 9.84. The first kappa shape index (κ1) is 19.5. The van der Waals surface area contributed by atoms with E-state index in [2.05, 4.69) is 20.3 Å². The SMILES string of the molecule is OC[C@H]1O[C@@H](n2cnc3c(NC4CCCCCCC4O)ncnc32)C(O)C1O. The van der Waals surface area contributed by atoms with Gasteiger partial charge < -0.3 is 30.5 Å². The summed E-state index contributed by atoms with van der Waals surface area (Å²) in [6, 6.07) is -0.113. The van der Waals surface area contributed by atoms with Crippen molar-refractivity contribution in [2.45, 2.75) is 75.2 Å². The first-order valence-electron chi connectivity index (χ1n) is 9.84. The highest BCUT2D eigenvalue weighted by Gasteiger charge is 2.44. The Morgan fingerprint density at radius 2 is 1.82 bits per heavy atom. The Balaban J connectivity index is 1.60. The minimum Gasteiger partial charge on any atom is -0.394 e. The predicted octanol–water partition coefficient (Wildman–Crippen LogP) is -0.0666. The van der Waals surface area contributed by atoms with Gasteiger partial charge in [0.25, 0.3) is 0 Å². The van der Waals surface area contributed by atoms with Crippen LogP contribution in [0, 0.1) is 0 Å². The normalized spacial score (nSPS) is 34.3. The van der Waals surface area contributed by atoms with Gasteiger partial charge in [-0.3, -0.25) is 4.57 Å². The standard InChI is InChI=1S/C18H27N5O5/c24-7-12-14(26)15(27)18(28-12)23-9-21-13-16(19-8-20-17(13)23)22-10-5-3-1-2-4-6-11(10)25/h8-12,14-15,18,24-27H,1-7H2,(H,19,20,22)/t10?,11?,12-,14?,15?,18-/m1/s1. The van der Waals surface area contributed by atoms with Gasteiger partial charge in [-0.2, -0.15) is 0 Å². The number of hydrogen-bond acceptors (Lipinski definition) is 9. The fourth-order valence-corrected chi connectivity index (χ4v) is 4.06. The van der Waals surface area contributed by atoms with Crippen LogP contribution >= 0.6 is 0 Å². The van der Waals surface area contributed by atoms with Crippen LogP contribution in [0.2, 0.25) is 0 Å². The molecule has 0 amide bonds. The van der Waals surface area contributed by atoms with E-state index in [-0.39, 0.29) is 6.04 Å². The van der Waals surface area contributed by atoms with E-state index >= 15 is 0 Å². The van der Waals surface area contributed by atoms with Crippen LogP contribution in [0.15, 0.2) is 12.7 Å². The number of rotatable bonds is 4. The number of aliphatic hydroxyl groups excluding tert-OH is 4. The molecule has 5 N–H and O–H groups in total. The Kier molecular flexibility index (Phi) is 5.74. The number of imidazole rings is 1. The molecule has 6 atom stereocenters. The Labute approximate surface area is 162 Å². The molecule has 0 bridgehead atoms. The minimum atomic E-state index is -1.21. The molecule has 1 aliphatic heterocycles. The van der Waals surface area contributed by atoms with Gasteiger partial charge in [0.15, 0.2) is 23.2 Å². The van der Waals surface area contributed by atoms with Crippen LogP contribution in [-0.4, -0.2) is 77.0 Å². The first-order chi connectivity index (χ1) is 13.6. The summed E-state index contributed by atoms with van der Waals surface area (Å²) in [6.07, 6.45) is 4.18. The molecule has 154 valence electrons. The average Bonchev–Trinajstić information content (AvgIpc) is 3.23. The third-order valence-corrected chi connectivity index (χ3v) is 5.70. The molecule has 4 unspecified atom stereocenters. The molecule has 2 fully saturated rings. The highest BCUT2D eigenvalue weighted by molar-refractivity contribution is 5.82.